The molecular formula is C12H20N4O. The van der Waals surface area contributed by atoms with Gasteiger partial charge in [0.2, 0.25) is 0 Å². The molecule has 0 amide bonds. The van der Waals surface area contributed by atoms with Crippen molar-refractivity contribution in [2.75, 3.05) is 11.9 Å². The predicted molar refractivity (Wildman–Crippen MR) is 68.0 cm³/mol. The second kappa shape index (κ2) is 4.87. The van der Waals surface area contributed by atoms with E-state index in [0.717, 1.165) is 12.8 Å². The molecule has 1 aromatic heterocycles. The Morgan fingerprint density at radius 3 is 2.82 bits per heavy atom. The molecule has 0 spiro atoms. The van der Waals surface area contributed by atoms with Gasteiger partial charge in [-0.3, -0.25) is 4.79 Å². The lowest BCUT2D eigenvalue weighted by molar-refractivity contribution is 0.489. The standard InChI is InChI=1S/C12H20N4O/c1-2-16-8-7-14-10(11(16)17)15-12(9-13)5-3-4-6-12/h7-8H,2-6,9,13H2,1H3,(H,14,15). The fourth-order valence-electron chi connectivity index (χ4n) is 2.47. The molecule has 5 nitrogen and oxygen atoms in total. The molecule has 3 N–H and O–H groups in total. The second-order valence-corrected chi connectivity index (χ2v) is 4.68. The van der Waals surface area contributed by atoms with Crippen molar-refractivity contribution in [3.63, 3.8) is 0 Å². The Morgan fingerprint density at radius 2 is 2.24 bits per heavy atom. The van der Waals surface area contributed by atoms with E-state index in [2.05, 4.69) is 10.3 Å². The molecule has 0 saturated heterocycles. The molecule has 1 aliphatic rings. The number of hydrogen-bond donors (Lipinski definition) is 2. The summed E-state index contributed by atoms with van der Waals surface area (Å²) < 4.78 is 1.65. The van der Waals surface area contributed by atoms with Crippen LogP contribution >= 0.6 is 0 Å². The van der Waals surface area contributed by atoms with E-state index in [4.69, 9.17) is 5.73 Å². The van der Waals surface area contributed by atoms with E-state index in [1.807, 2.05) is 6.92 Å². The average Bonchev–Trinajstić information content (AvgIpc) is 2.81. The first-order valence-corrected chi connectivity index (χ1v) is 6.24. The second-order valence-electron chi connectivity index (χ2n) is 4.68. The van der Waals surface area contributed by atoms with Gasteiger partial charge in [-0.15, -0.1) is 0 Å². The molecule has 1 aromatic rings. The van der Waals surface area contributed by atoms with E-state index in [1.54, 1.807) is 17.0 Å². The summed E-state index contributed by atoms with van der Waals surface area (Å²) in [5, 5.41) is 3.28. The number of aryl methyl sites for hydroxylation is 1. The van der Waals surface area contributed by atoms with Crippen LogP contribution in [0.5, 0.6) is 0 Å². The van der Waals surface area contributed by atoms with Crippen LogP contribution in [0.4, 0.5) is 5.82 Å². The van der Waals surface area contributed by atoms with Gasteiger partial charge in [0.15, 0.2) is 5.82 Å². The third-order valence-electron chi connectivity index (χ3n) is 3.59. The maximum Gasteiger partial charge on any atom is 0.293 e. The van der Waals surface area contributed by atoms with Crippen molar-refractivity contribution in [3.8, 4) is 0 Å². The molecular weight excluding hydrogens is 216 g/mol. The molecule has 1 fully saturated rings. The Kier molecular flexibility index (Phi) is 3.47. The molecule has 0 radical (unpaired) electrons. The normalized spacial score (nSPS) is 18.2. The molecule has 5 heteroatoms. The van der Waals surface area contributed by atoms with Crippen molar-refractivity contribution in [1.29, 1.82) is 0 Å². The molecule has 0 aromatic carbocycles. The molecule has 1 heterocycles. The first kappa shape index (κ1) is 12.1. The van der Waals surface area contributed by atoms with Crippen molar-refractivity contribution in [2.24, 2.45) is 5.73 Å². The third-order valence-corrected chi connectivity index (χ3v) is 3.59. The Morgan fingerprint density at radius 1 is 1.53 bits per heavy atom. The van der Waals surface area contributed by atoms with Gasteiger partial charge in [-0.1, -0.05) is 12.8 Å². The smallest absolute Gasteiger partial charge is 0.293 e. The van der Waals surface area contributed by atoms with Crippen LogP contribution in [0.2, 0.25) is 0 Å². The van der Waals surface area contributed by atoms with Gasteiger partial charge in [0.05, 0.1) is 5.54 Å². The van der Waals surface area contributed by atoms with Gasteiger partial charge in [0, 0.05) is 25.5 Å². The number of anilines is 1. The summed E-state index contributed by atoms with van der Waals surface area (Å²) in [7, 11) is 0. The van der Waals surface area contributed by atoms with Gasteiger partial charge in [-0.25, -0.2) is 4.98 Å². The van der Waals surface area contributed by atoms with Crippen LogP contribution in [0, 0.1) is 0 Å². The Labute approximate surface area is 101 Å². The summed E-state index contributed by atoms with van der Waals surface area (Å²) in [6.45, 7) is 3.15. The van der Waals surface area contributed by atoms with Gasteiger partial charge in [0.1, 0.15) is 0 Å². The van der Waals surface area contributed by atoms with Crippen LogP contribution in [0.3, 0.4) is 0 Å². The van der Waals surface area contributed by atoms with Gasteiger partial charge >= 0.3 is 0 Å². The van der Waals surface area contributed by atoms with Crippen molar-refractivity contribution in [3.05, 3.63) is 22.7 Å². The minimum Gasteiger partial charge on any atom is -0.359 e. The number of nitrogens with one attached hydrogen (secondary N) is 1. The topological polar surface area (TPSA) is 72.9 Å². The minimum atomic E-state index is -0.126. The predicted octanol–water partition coefficient (Wildman–Crippen LogP) is 0.947. The SMILES string of the molecule is CCn1ccnc(NC2(CN)CCCC2)c1=O. The lowest BCUT2D eigenvalue weighted by Gasteiger charge is -2.29. The van der Waals surface area contributed by atoms with Gasteiger partial charge in [0.25, 0.3) is 5.56 Å². The van der Waals surface area contributed by atoms with Crippen molar-refractivity contribution >= 4 is 5.82 Å². The summed E-state index contributed by atoms with van der Waals surface area (Å²) in [6.07, 6.45) is 7.74. The fraction of sp³-hybridized carbons (Fsp3) is 0.667. The molecule has 1 aliphatic carbocycles. The zero-order valence-corrected chi connectivity index (χ0v) is 10.3. The largest absolute Gasteiger partial charge is 0.359 e. The fourth-order valence-corrected chi connectivity index (χ4v) is 2.47. The molecule has 2 rings (SSSR count). The van der Waals surface area contributed by atoms with Gasteiger partial charge < -0.3 is 15.6 Å². The van der Waals surface area contributed by atoms with Crippen molar-refractivity contribution in [1.82, 2.24) is 9.55 Å². The highest BCUT2D eigenvalue weighted by Gasteiger charge is 2.33. The zero-order chi connectivity index (χ0) is 12.3. The summed E-state index contributed by atoms with van der Waals surface area (Å²) in [5.74, 6) is 0.432. The van der Waals surface area contributed by atoms with E-state index in [9.17, 15) is 4.79 Å². The molecule has 1 saturated carbocycles. The van der Waals surface area contributed by atoms with E-state index in [1.165, 1.54) is 12.8 Å². The lowest BCUT2D eigenvalue weighted by Crippen LogP contribution is -2.45. The number of hydrogen-bond acceptors (Lipinski definition) is 4. The molecule has 0 bridgehead atoms. The molecule has 17 heavy (non-hydrogen) atoms. The van der Waals surface area contributed by atoms with E-state index >= 15 is 0 Å². The van der Waals surface area contributed by atoms with Crippen molar-refractivity contribution in [2.45, 2.75) is 44.7 Å². The quantitative estimate of drug-likeness (QED) is 0.816. The number of nitrogens with two attached hydrogens (primary N) is 1. The third kappa shape index (κ3) is 2.34. The van der Waals surface area contributed by atoms with Crippen LogP contribution in [0.25, 0.3) is 0 Å². The molecule has 94 valence electrons. The summed E-state index contributed by atoms with van der Waals surface area (Å²) >= 11 is 0. The monoisotopic (exact) mass is 236 g/mol. The number of rotatable bonds is 4. The molecule has 0 aliphatic heterocycles. The Hall–Kier alpha value is -1.36. The first-order chi connectivity index (χ1) is 8.21. The maximum atomic E-state index is 12.0. The highest BCUT2D eigenvalue weighted by Crippen LogP contribution is 2.30. The zero-order valence-electron chi connectivity index (χ0n) is 10.3. The first-order valence-electron chi connectivity index (χ1n) is 6.24. The highest BCUT2D eigenvalue weighted by atomic mass is 16.1. The lowest BCUT2D eigenvalue weighted by atomic mass is 9.98. The summed E-state index contributed by atoms with van der Waals surface area (Å²) in [4.78, 5) is 16.2. The van der Waals surface area contributed by atoms with E-state index < -0.39 is 0 Å². The minimum absolute atomic E-state index is 0.0604. The number of nitrogens with zero attached hydrogens (tertiary/aromatic N) is 2. The van der Waals surface area contributed by atoms with E-state index in [-0.39, 0.29) is 11.1 Å². The average molecular weight is 236 g/mol. The van der Waals surface area contributed by atoms with E-state index in [0.29, 0.717) is 18.9 Å². The van der Waals surface area contributed by atoms with Gasteiger partial charge in [-0.2, -0.15) is 0 Å². The number of aromatic nitrogens is 2. The van der Waals surface area contributed by atoms with Crippen LogP contribution in [-0.4, -0.2) is 21.6 Å². The molecule has 0 unspecified atom stereocenters. The summed E-state index contributed by atoms with van der Waals surface area (Å²) in [5.41, 5.74) is 5.65. The van der Waals surface area contributed by atoms with Crippen LogP contribution in [0.1, 0.15) is 32.6 Å². The van der Waals surface area contributed by atoms with Crippen LogP contribution < -0.4 is 16.6 Å². The maximum absolute atomic E-state index is 12.0. The Bertz CT molecular complexity index is 434. The van der Waals surface area contributed by atoms with Gasteiger partial charge in [-0.05, 0) is 19.8 Å². The van der Waals surface area contributed by atoms with Crippen LogP contribution in [0.15, 0.2) is 17.2 Å². The highest BCUT2D eigenvalue weighted by molar-refractivity contribution is 5.36. The van der Waals surface area contributed by atoms with Crippen LogP contribution in [-0.2, 0) is 6.54 Å². The van der Waals surface area contributed by atoms with Crippen molar-refractivity contribution < 1.29 is 0 Å². The summed E-state index contributed by atoms with van der Waals surface area (Å²) in [6, 6.07) is 0. The Balaban J connectivity index is 2.26. The molecule has 0 atom stereocenters.